The maximum absolute atomic E-state index is 9.61. The summed E-state index contributed by atoms with van der Waals surface area (Å²) in [7, 11) is 4.04. The minimum atomic E-state index is 0.00965. The van der Waals surface area contributed by atoms with Gasteiger partial charge >= 0.3 is 0 Å². The lowest BCUT2D eigenvalue weighted by Crippen LogP contribution is -2.19. The Hall–Kier alpha value is -2.10. The smallest absolute Gasteiger partial charge is 0.119 e. The lowest BCUT2D eigenvalue weighted by atomic mass is 10.0. The molecule has 3 nitrogen and oxygen atoms in total. The van der Waals surface area contributed by atoms with Crippen molar-refractivity contribution in [2.75, 3.05) is 33.9 Å². The quantitative estimate of drug-likeness (QED) is 0.797. The van der Waals surface area contributed by atoms with Crippen molar-refractivity contribution < 1.29 is 9.84 Å². The Morgan fingerprint density at radius 2 is 1.73 bits per heavy atom. The molecule has 0 atom stereocenters. The monoisotopic (exact) mass is 297 g/mol. The molecule has 0 unspecified atom stereocenters. The molecule has 2 aromatic carbocycles. The van der Waals surface area contributed by atoms with E-state index in [4.69, 9.17) is 4.74 Å². The van der Waals surface area contributed by atoms with E-state index in [1.54, 1.807) is 0 Å². The molecule has 0 fully saturated rings. The van der Waals surface area contributed by atoms with Gasteiger partial charge in [-0.15, -0.1) is 0 Å². The molecule has 0 saturated heterocycles. The van der Waals surface area contributed by atoms with Gasteiger partial charge in [0.1, 0.15) is 12.4 Å². The van der Waals surface area contributed by atoms with E-state index in [1.807, 2.05) is 74.8 Å². The van der Waals surface area contributed by atoms with Gasteiger partial charge in [0.2, 0.25) is 0 Å². The molecule has 0 radical (unpaired) electrons. The number of nitrogens with zero attached hydrogens (tertiary/aromatic N) is 1. The Morgan fingerprint density at radius 1 is 1.05 bits per heavy atom. The Morgan fingerprint density at radius 3 is 2.32 bits per heavy atom. The second kappa shape index (κ2) is 8.37. The predicted molar refractivity (Wildman–Crippen MR) is 91.9 cm³/mol. The molecule has 0 spiro atoms. The summed E-state index contributed by atoms with van der Waals surface area (Å²) in [5, 5.41) is 9.61. The molecule has 1 N–H and O–H groups in total. The number of hydrogen-bond donors (Lipinski definition) is 1. The van der Waals surface area contributed by atoms with Crippen molar-refractivity contribution in [2.45, 2.75) is 0 Å². The third-order valence-electron chi connectivity index (χ3n) is 3.34. The second-order valence-corrected chi connectivity index (χ2v) is 5.41. The third kappa shape index (κ3) is 5.02. The van der Waals surface area contributed by atoms with Gasteiger partial charge in [0.25, 0.3) is 0 Å². The number of rotatable bonds is 7. The third-order valence-corrected chi connectivity index (χ3v) is 3.34. The molecular weight excluding hydrogens is 274 g/mol. The maximum atomic E-state index is 9.61. The van der Waals surface area contributed by atoms with E-state index in [1.165, 1.54) is 0 Å². The summed E-state index contributed by atoms with van der Waals surface area (Å²) >= 11 is 0. The average Bonchev–Trinajstić information content (AvgIpc) is 2.54. The normalized spacial score (nSPS) is 11.7. The van der Waals surface area contributed by atoms with Crippen LogP contribution in [0.4, 0.5) is 0 Å². The Bertz CT molecular complexity index is 589. The standard InChI is InChI=1S/C19H23NO2/c1-20(2)12-13-22-19-10-8-17(9-11-19)18(15-21)14-16-6-4-3-5-7-16/h3-11,14,21H,12-13,15H2,1-2H3/b18-14+. The summed E-state index contributed by atoms with van der Waals surface area (Å²) in [5.74, 6) is 0.850. The largest absolute Gasteiger partial charge is 0.492 e. The second-order valence-electron chi connectivity index (χ2n) is 5.41. The van der Waals surface area contributed by atoms with Crippen molar-refractivity contribution in [1.82, 2.24) is 4.90 Å². The van der Waals surface area contributed by atoms with E-state index in [2.05, 4.69) is 4.90 Å². The first-order valence-electron chi connectivity index (χ1n) is 7.43. The predicted octanol–water partition coefficient (Wildman–Crippen LogP) is 3.16. The van der Waals surface area contributed by atoms with Gasteiger partial charge in [-0.25, -0.2) is 0 Å². The van der Waals surface area contributed by atoms with Crippen LogP contribution in [-0.4, -0.2) is 43.9 Å². The molecule has 3 heteroatoms. The van der Waals surface area contributed by atoms with E-state index >= 15 is 0 Å². The van der Waals surface area contributed by atoms with E-state index < -0.39 is 0 Å². The molecule has 0 aliphatic carbocycles. The van der Waals surface area contributed by atoms with Crippen molar-refractivity contribution in [3.8, 4) is 5.75 Å². The highest BCUT2D eigenvalue weighted by molar-refractivity contribution is 5.82. The van der Waals surface area contributed by atoms with Crippen molar-refractivity contribution in [3.63, 3.8) is 0 Å². The average molecular weight is 297 g/mol. The highest BCUT2D eigenvalue weighted by atomic mass is 16.5. The first-order valence-corrected chi connectivity index (χ1v) is 7.43. The summed E-state index contributed by atoms with van der Waals surface area (Å²) in [6.07, 6.45) is 2.00. The lowest BCUT2D eigenvalue weighted by Gasteiger charge is -2.11. The summed E-state index contributed by atoms with van der Waals surface area (Å²) in [6.45, 7) is 1.56. The fourth-order valence-corrected chi connectivity index (χ4v) is 2.08. The lowest BCUT2D eigenvalue weighted by molar-refractivity contribution is 0.261. The molecular formula is C19H23NO2. The topological polar surface area (TPSA) is 32.7 Å². The highest BCUT2D eigenvalue weighted by Gasteiger charge is 2.02. The Labute approximate surface area is 132 Å². The zero-order valence-corrected chi connectivity index (χ0v) is 13.2. The molecule has 0 saturated carbocycles. The zero-order valence-electron chi connectivity index (χ0n) is 13.2. The minimum absolute atomic E-state index is 0.00965. The van der Waals surface area contributed by atoms with Crippen LogP contribution in [0.25, 0.3) is 11.6 Å². The van der Waals surface area contributed by atoms with Gasteiger partial charge in [-0.1, -0.05) is 42.5 Å². The van der Waals surface area contributed by atoms with Crippen LogP contribution in [0.15, 0.2) is 54.6 Å². The first kappa shape index (κ1) is 16.3. The van der Waals surface area contributed by atoms with Gasteiger partial charge in [0.15, 0.2) is 0 Å². The molecule has 22 heavy (non-hydrogen) atoms. The van der Waals surface area contributed by atoms with Crippen LogP contribution in [0.2, 0.25) is 0 Å². The van der Waals surface area contributed by atoms with Gasteiger partial charge in [-0.3, -0.25) is 0 Å². The van der Waals surface area contributed by atoms with Gasteiger partial charge in [0.05, 0.1) is 6.61 Å². The molecule has 0 aromatic heterocycles. The fraction of sp³-hybridized carbons (Fsp3) is 0.263. The number of aliphatic hydroxyl groups is 1. The van der Waals surface area contributed by atoms with Crippen LogP contribution in [0.3, 0.4) is 0 Å². The number of aliphatic hydroxyl groups excluding tert-OH is 1. The summed E-state index contributed by atoms with van der Waals surface area (Å²) in [4.78, 5) is 2.08. The molecule has 0 heterocycles. The highest BCUT2D eigenvalue weighted by Crippen LogP contribution is 2.21. The summed E-state index contributed by atoms with van der Waals surface area (Å²) < 4.78 is 5.68. The van der Waals surface area contributed by atoms with Crippen molar-refractivity contribution in [2.24, 2.45) is 0 Å². The van der Waals surface area contributed by atoms with Crippen LogP contribution >= 0.6 is 0 Å². The number of benzene rings is 2. The molecule has 2 aromatic rings. The summed E-state index contributed by atoms with van der Waals surface area (Å²) in [5.41, 5.74) is 2.98. The van der Waals surface area contributed by atoms with E-state index in [0.717, 1.165) is 29.0 Å². The van der Waals surface area contributed by atoms with Gasteiger partial charge < -0.3 is 14.7 Å². The summed E-state index contributed by atoms with van der Waals surface area (Å²) in [6, 6.07) is 17.9. The Kier molecular flexibility index (Phi) is 6.19. The van der Waals surface area contributed by atoms with Crippen molar-refractivity contribution >= 4 is 11.6 Å². The van der Waals surface area contributed by atoms with E-state index in [0.29, 0.717) is 6.61 Å². The SMILES string of the molecule is CN(C)CCOc1ccc(/C(=C/c2ccccc2)CO)cc1. The Balaban J connectivity index is 2.06. The van der Waals surface area contributed by atoms with Crippen molar-refractivity contribution in [1.29, 1.82) is 0 Å². The van der Waals surface area contributed by atoms with Gasteiger partial charge in [-0.2, -0.15) is 0 Å². The van der Waals surface area contributed by atoms with Crippen LogP contribution < -0.4 is 4.74 Å². The molecule has 0 aliphatic heterocycles. The van der Waals surface area contributed by atoms with E-state index in [-0.39, 0.29) is 6.61 Å². The number of hydrogen-bond acceptors (Lipinski definition) is 3. The zero-order chi connectivity index (χ0) is 15.8. The van der Waals surface area contributed by atoms with Gasteiger partial charge in [-0.05, 0) is 49.0 Å². The molecule has 0 amide bonds. The molecule has 2 rings (SSSR count). The molecule has 0 aliphatic rings. The van der Waals surface area contributed by atoms with Crippen molar-refractivity contribution in [3.05, 3.63) is 65.7 Å². The number of ether oxygens (including phenoxy) is 1. The minimum Gasteiger partial charge on any atom is -0.492 e. The number of likely N-dealkylation sites (N-methyl/N-ethyl adjacent to an activating group) is 1. The first-order chi connectivity index (χ1) is 10.7. The van der Waals surface area contributed by atoms with Gasteiger partial charge in [0, 0.05) is 6.54 Å². The molecule has 0 bridgehead atoms. The maximum Gasteiger partial charge on any atom is 0.119 e. The van der Waals surface area contributed by atoms with Crippen LogP contribution in [0, 0.1) is 0 Å². The van der Waals surface area contributed by atoms with Crippen LogP contribution in [-0.2, 0) is 0 Å². The molecule has 116 valence electrons. The van der Waals surface area contributed by atoms with E-state index in [9.17, 15) is 5.11 Å². The van der Waals surface area contributed by atoms with Crippen LogP contribution in [0.1, 0.15) is 11.1 Å². The van der Waals surface area contributed by atoms with Crippen LogP contribution in [0.5, 0.6) is 5.75 Å². The fourth-order valence-electron chi connectivity index (χ4n) is 2.08.